The van der Waals surface area contributed by atoms with Crippen LogP contribution in [0.1, 0.15) is 5.56 Å². The van der Waals surface area contributed by atoms with Gasteiger partial charge in [0.25, 0.3) is 0 Å². The SMILES string of the molecule is Cc1ccc([Si](C)(C)C2C=CC=C2)cc1. The van der Waals surface area contributed by atoms with Crippen molar-refractivity contribution in [1.82, 2.24) is 0 Å². The van der Waals surface area contributed by atoms with Crippen molar-refractivity contribution in [2.24, 2.45) is 0 Å². The molecule has 0 unspecified atom stereocenters. The van der Waals surface area contributed by atoms with Crippen LogP contribution in [0.2, 0.25) is 18.6 Å². The number of benzene rings is 1. The topological polar surface area (TPSA) is 0 Å². The molecule has 1 aromatic carbocycles. The number of allylic oxidation sites excluding steroid dienone is 4. The molecule has 1 aliphatic carbocycles. The number of rotatable bonds is 2. The lowest BCUT2D eigenvalue weighted by Gasteiger charge is -2.27. The molecule has 15 heavy (non-hydrogen) atoms. The second kappa shape index (κ2) is 3.82. The molecule has 1 heteroatoms. The standard InChI is InChI=1S/C14H18Si/c1-12-8-10-14(11-9-12)15(2,3)13-6-4-5-7-13/h4-11,13H,1-3H3. The molecule has 0 spiro atoms. The van der Waals surface area contributed by atoms with Crippen molar-refractivity contribution in [2.45, 2.75) is 25.6 Å². The van der Waals surface area contributed by atoms with Crippen LogP contribution in [-0.4, -0.2) is 8.07 Å². The van der Waals surface area contributed by atoms with Crippen molar-refractivity contribution in [2.75, 3.05) is 0 Å². The maximum absolute atomic E-state index is 2.45. The van der Waals surface area contributed by atoms with Crippen molar-refractivity contribution in [1.29, 1.82) is 0 Å². The van der Waals surface area contributed by atoms with E-state index in [9.17, 15) is 0 Å². The maximum atomic E-state index is 2.45. The Kier molecular flexibility index (Phi) is 2.66. The first-order chi connectivity index (χ1) is 7.10. The van der Waals surface area contributed by atoms with Crippen molar-refractivity contribution < 1.29 is 0 Å². The summed E-state index contributed by atoms with van der Waals surface area (Å²) in [6, 6.07) is 9.07. The highest BCUT2D eigenvalue weighted by molar-refractivity contribution is 6.91. The summed E-state index contributed by atoms with van der Waals surface area (Å²) in [6.07, 6.45) is 9.03. The molecule has 0 nitrogen and oxygen atoms in total. The predicted octanol–water partition coefficient (Wildman–Crippen LogP) is 3.41. The molecule has 0 heterocycles. The molecule has 0 radical (unpaired) electrons. The Balaban J connectivity index is 2.32. The molecule has 0 saturated carbocycles. The lowest BCUT2D eigenvalue weighted by atomic mass is 10.2. The average Bonchev–Trinajstić information content (AvgIpc) is 2.71. The highest BCUT2D eigenvalue weighted by atomic mass is 28.3. The Labute approximate surface area is 93.3 Å². The summed E-state index contributed by atoms with van der Waals surface area (Å²) in [5, 5.41) is 1.55. The third-order valence-corrected chi connectivity index (χ3v) is 7.25. The lowest BCUT2D eigenvalue weighted by molar-refractivity contribution is 1.31. The molecule has 0 bridgehead atoms. The Morgan fingerprint density at radius 1 is 0.933 bits per heavy atom. The van der Waals surface area contributed by atoms with Crippen molar-refractivity contribution >= 4 is 13.3 Å². The van der Waals surface area contributed by atoms with Crippen LogP contribution >= 0.6 is 0 Å². The molecule has 78 valence electrons. The van der Waals surface area contributed by atoms with Crippen LogP contribution in [-0.2, 0) is 0 Å². The van der Waals surface area contributed by atoms with E-state index >= 15 is 0 Å². The van der Waals surface area contributed by atoms with Gasteiger partial charge in [-0.15, -0.1) is 0 Å². The normalized spacial score (nSPS) is 16.2. The molecule has 1 aliphatic rings. The van der Waals surface area contributed by atoms with E-state index in [1.807, 2.05) is 0 Å². The van der Waals surface area contributed by atoms with Crippen LogP contribution in [0, 0.1) is 6.92 Å². The highest BCUT2D eigenvalue weighted by Crippen LogP contribution is 2.28. The molecular weight excluding hydrogens is 196 g/mol. The van der Waals surface area contributed by atoms with Gasteiger partial charge in [-0.2, -0.15) is 0 Å². The van der Waals surface area contributed by atoms with Crippen LogP contribution in [0.5, 0.6) is 0 Å². The molecule has 0 N–H and O–H groups in total. The molecular formula is C14H18Si. The van der Waals surface area contributed by atoms with Gasteiger partial charge in [0.2, 0.25) is 0 Å². The fourth-order valence-corrected chi connectivity index (χ4v) is 4.68. The Morgan fingerprint density at radius 2 is 1.47 bits per heavy atom. The summed E-state index contributed by atoms with van der Waals surface area (Å²) >= 11 is 0. The van der Waals surface area contributed by atoms with Gasteiger partial charge in [0.15, 0.2) is 0 Å². The monoisotopic (exact) mass is 214 g/mol. The number of hydrogen-bond donors (Lipinski definition) is 0. The second-order valence-corrected chi connectivity index (χ2v) is 9.57. The van der Waals surface area contributed by atoms with Crippen LogP contribution < -0.4 is 5.19 Å². The smallest absolute Gasteiger partial charge is 0.0800 e. The Bertz CT molecular complexity index is 384. The van der Waals surface area contributed by atoms with Crippen LogP contribution in [0.3, 0.4) is 0 Å². The quantitative estimate of drug-likeness (QED) is 0.662. The van der Waals surface area contributed by atoms with E-state index in [1.165, 1.54) is 5.56 Å². The van der Waals surface area contributed by atoms with Gasteiger partial charge >= 0.3 is 0 Å². The number of aryl methyl sites for hydroxylation is 1. The molecule has 0 fully saturated rings. The van der Waals surface area contributed by atoms with E-state index in [0.29, 0.717) is 5.54 Å². The summed E-state index contributed by atoms with van der Waals surface area (Å²) in [6.45, 7) is 7.04. The van der Waals surface area contributed by atoms with Gasteiger partial charge in [0.1, 0.15) is 0 Å². The molecule has 0 aromatic heterocycles. The van der Waals surface area contributed by atoms with Gasteiger partial charge < -0.3 is 0 Å². The first kappa shape index (κ1) is 10.4. The third kappa shape index (κ3) is 1.98. The summed E-state index contributed by atoms with van der Waals surface area (Å²) in [5.41, 5.74) is 2.02. The minimum atomic E-state index is -1.34. The molecule has 0 aliphatic heterocycles. The zero-order valence-electron chi connectivity index (χ0n) is 9.70. The van der Waals surface area contributed by atoms with Gasteiger partial charge in [-0.3, -0.25) is 0 Å². The summed E-state index contributed by atoms with van der Waals surface area (Å²) in [7, 11) is -1.34. The summed E-state index contributed by atoms with van der Waals surface area (Å²) < 4.78 is 0. The minimum Gasteiger partial charge on any atom is -0.0800 e. The van der Waals surface area contributed by atoms with E-state index in [1.54, 1.807) is 5.19 Å². The van der Waals surface area contributed by atoms with Crippen molar-refractivity contribution in [3.05, 3.63) is 54.1 Å². The van der Waals surface area contributed by atoms with Gasteiger partial charge in [-0.25, -0.2) is 0 Å². The fourth-order valence-electron chi connectivity index (χ4n) is 2.09. The van der Waals surface area contributed by atoms with E-state index in [0.717, 1.165) is 0 Å². The van der Waals surface area contributed by atoms with Gasteiger partial charge in [0.05, 0.1) is 8.07 Å². The van der Waals surface area contributed by atoms with Gasteiger partial charge in [-0.1, -0.05) is 72.4 Å². The number of hydrogen-bond acceptors (Lipinski definition) is 0. The average molecular weight is 214 g/mol. The molecule has 0 atom stereocenters. The first-order valence-electron chi connectivity index (χ1n) is 5.53. The van der Waals surface area contributed by atoms with Gasteiger partial charge in [0, 0.05) is 0 Å². The molecule has 2 rings (SSSR count). The molecule has 1 aromatic rings. The zero-order valence-corrected chi connectivity index (χ0v) is 10.7. The molecule has 0 amide bonds. The highest BCUT2D eigenvalue weighted by Gasteiger charge is 2.30. The largest absolute Gasteiger partial charge is 0.0911 e. The summed E-state index contributed by atoms with van der Waals surface area (Å²) in [5.74, 6) is 0. The Morgan fingerprint density at radius 3 is 2.00 bits per heavy atom. The van der Waals surface area contributed by atoms with E-state index in [4.69, 9.17) is 0 Å². The van der Waals surface area contributed by atoms with E-state index < -0.39 is 8.07 Å². The first-order valence-corrected chi connectivity index (χ1v) is 8.60. The van der Waals surface area contributed by atoms with Crippen LogP contribution in [0.15, 0.2) is 48.6 Å². The summed E-state index contributed by atoms with van der Waals surface area (Å²) in [4.78, 5) is 0. The lowest BCUT2D eigenvalue weighted by Crippen LogP contribution is -2.44. The minimum absolute atomic E-state index is 0.667. The second-order valence-electron chi connectivity index (χ2n) is 4.88. The van der Waals surface area contributed by atoms with E-state index in [-0.39, 0.29) is 0 Å². The molecule has 0 saturated heterocycles. The predicted molar refractivity (Wildman–Crippen MR) is 70.3 cm³/mol. The zero-order chi connectivity index (χ0) is 10.9. The van der Waals surface area contributed by atoms with Gasteiger partial charge in [-0.05, 0) is 12.5 Å². The van der Waals surface area contributed by atoms with E-state index in [2.05, 4.69) is 68.6 Å². The van der Waals surface area contributed by atoms with Crippen LogP contribution in [0.4, 0.5) is 0 Å². The third-order valence-electron chi connectivity index (χ3n) is 3.38. The Hall–Kier alpha value is -1.08. The van der Waals surface area contributed by atoms with Crippen molar-refractivity contribution in [3.63, 3.8) is 0 Å². The fraction of sp³-hybridized carbons (Fsp3) is 0.286. The van der Waals surface area contributed by atoms with Crippen molar-refractivity contribution in [3.8, 4) is 0 Å². The van der Waals surface area contributed by atoms with Crippen LogP contribution in [0.25, 0.3) is 0 Å². The maximum Gasteiger partial charge on any atom is 0.0911 e.